The molecule has 2 aromatic rings. The molecule has 6 nitrogen and oxygen atoms in total. The Morgan fingerprint density at radius 2 is 2.35 bits per heavy atom. The summed E-state index contributed by atoms with van der Waals surface area (Å²) in [6.45, 7) is 0.825. The summed E-state index contributed by atoms with van der Waals surface area (Å²) in [5.74, 6) is 7.38. The van der Waals surface area contributed by atoms with Crippen LogP contribution in [-0.4, -0.2) is 23.1 Å². The van der Waals surface area contributed by atoms with E-state index in [4.69, 9.17) is 10.6 Å². The van der Waals surface area contributed by atoms with Crippen LogP contribution in [0.1, 0.15) is 18.4 Å². The van der Waals surface area contributed by atoms with E-state index < -0.39 is 0 Å². The number of methoxy groups -OCH3 is 1. The normalized spacial score (nSPS) is 14.1. The third-order valence-corrected chi connectivity index (χ3v) is 4.05. The van der Waals surface area contributed by atoms with Crippen molar-refractivity contribution in [3.8, 4) is 5.75 Å². The predicted molar refractivity (Wildman–Crippen MR) is 79.9 cm³/mol. The molecule has 2 aromatic heterocycles. The summed E-state index contributed by atoms with van der Waals surface area (Å²) in [6.07, 6.45) is 3.88. The van der Waals surface area contributed by atoms with Crippen LogP contribution in [0.25, 0.3) is 0 Å². The Kier molecular flexibility index (Phi) is 3.70. The van der Waals surface area contributed by atoms with E-state index in [0.29, 0.717) is 17.6 Å². The fraction of sp³-hybridized carbons (Fsp3) is 0.385. The van der Waals surface area contributed by atoms with Crippen molar-refractivity contribution in [2.24, 2.45) is 5.84 Å². The summed E-state index contributed by atoms with van der Waals surface area (Å²) < 4.78 is 5.44. The summed E-state index contributed by atoms with van der Waals surface area (Å²) in [7, 11) is 1.61. The highest BCUT2D eigenvalue weighted by atomic mass is 32.1. The smallest absolute Gasteiger partial charge is 0.205 e. The Balaban J connectivity index is 1.95. The molecule has 7 heteroatoms. The second-order valence-corrected chi connectivity index (χ2v) is 5.49. The van der Waals surface area contributed by atoms with Crippen LogP contribution in [0, 0.1) is 0 Å². The molecule has 0 spiro atoms. The lowest BCUT2D eigenvalue weighted by atomic mass is 10.3. The minimum absolute atomic E-state index is 0.508. The summed E-state index contributed by atoms with van der Waals surface area (Å²) in [5, 5.41) is 4.25. The number of hydrogen-bond acceptors (Lipinski definition) is 7. The zero-order valence-electron chi connectivity index (χ0n) is 11.2. The molecule has 1 saturated carbocycles. The van der Waals surface area contributed by atoms with Crippen molar-refractivity contribution in [2.75, 3.05) is 17.4 Å². The first-order valence-corrected chi connectivity index (χ1v) is 7.41. The molecule has 106 valence electrons. The van der Waals surface area contributed by atoms with Gasteiger partial charge < -0.3 is 15.1 Å². The maximum atomic E-state index is 5.49. The molecule has 20 heavy (non-hydrogen) atoms. The van der Waals surface area contributed by atoms with Crippen molar-refractivity contribution >= 4 is 23.0 Å². The van der Waals surface area contributed by atoms with Gasteiger partial charge >= 0.3 is 0 Å². The molecule has 0 radical (unpaired) electrons. The molecule has 1 fully saturated rings. The van der Waals surface area contributed by atoms with Gasteiger partial charge in [0.2, 0.25) is 5.75 Å². The van der Waals surface area contributed by atoms with Crippen LogP contribution in [0.15, 0.2) is 23.2 Å². The number of nitrogens with zero attached hydrogens (tertiary/aromatic N) is 3. The lowest BCUT2D eigenvalue weighted by Gasteiger charge is -2.25. The Labute approximate surface area is 121 Å². The van der Waals surface area contributed by atoms with E-state index >= 15 is 0 Å². The van der Waals surface area contributed by atoms with Crippen molar-refractivity contribution in [2.45, 2.75) is 25.4 Å². The Morgan fingerprint density at radius 1 is 1.50 bits per heavy atom. The van der Waals surface area contributed by atoms with Crippen molar-refractivity contribution in [1.29, 1.82) is 0 Å². The number of nitrogens with two attached hydrogens (primary N) is 1. The van der Waals surface area contributed by atoms with Gasteiger partial charge in [0.05, 0.1) is 7.11 Å². The fourth-order valence-electron chi connectivity index (χ4n) is 2.20. The highest BCUT2D eigenvalue weighted by Crippen LogP contribution is 2.39. The number of ether oxygens (including phenoxy) is 1. The van der Waals surface area contributed by atoms with Gasteiger partial charge in [0.1, 0.15) is 6.33 Å². The maximum Gasteiger partial charge on any atom is 0.205 e. The van der Waals surface area contributed by atoms with Crippen LogP contribution >= 0.6 is 11.3 Å². The predicted octanol–water partition coefficient (Wildman–Crippen LogP) is 2.00. The largest absolute Gasteiger partial charge is 0.490 e. The van der Waals surface area contributed by atoms with Gasteiger partial charge in [0, 0.05) is 12.6 Å². The summed E-state index contributed by atoms with van der Waals surface area (Å²) in [6, 6.07) is 2.65. The van der Waals surface area contributed by atoms with E-state index in [-0.39, 0.29) is 0 Å². The SMILES string of the molecule is COc1c(NN)ncnc1N(Cc1ccsc1)C1CC1. The number of anilines is 2. The van der Waals surface area contributed by atoms with E-state index in [2.05, 4.69) is 37.1 Å². The van der Waals surface area contributed by atoms with Crippen LogP contribution in [-0.2, 0) is 6.54 Å². The maximum absolute atomic E-state index is 5.49. The standard InChI is InChI=1S/C13H17N5OS/c1-19-11-12(17-14)15-8-16-13(11)18(10-2-3-10)6-9-4-5-20-7-9/h4-5,7-8,10H,2-3,6,14H2,1H3,(H,15,16,17). The fourth-order valence-corrected chi connectivity index (χ4v) is 2.86. The first-order valence-electron chi connectivity index (χ1n) is 6.46. The molecule has 3 N–H and O–H groups in total. The van der Waals surface area contributed by atoms with E-state index in [1.165, 1.54) is 24.7 Å². The number of hydrazine groups is 1. The zero-order valence-corrected chi connectivity index (χ0v) is 12.1. The first kappa shape index (κ1) is 13.1. The van der Waals surface area contributed by atoms with E-state index in [9.17, 15) is 0 Å². The van der Waals surface area contributed by atoms with Crippen LogP contribution in [0.3, 0.4) is 0 Å². The zero-order chi connectivity index (χ0) is 13.9. The quantitative estimate of drug-likeness (QED) is 0.626. The Bertz CT molecular complexity index is 570. The highest BCUT2D eigenvalue weighted by molar-refractivity contribution is 7.07. The molecular weight excluding hydrogens is 274 g/mol. The van der Waals surface area contributed by atoms with Gasteiger partial charge in [-0.15, -0.1) is 0 Å². The van der Waals surface area contributed by atoms with E-state index in [1.54, 1.807) is 18.4 Å². The van der Waals surface area contributed by atoms with Gasteiger partial charge in [0.25, 0.3) is 0 Å². The molecule has 0 amide bonds. The lowest BCUT2D eigenvalue weighted by Crippen LogP contribution is -2.27. The van der Waals surface area contributed by atoms with Crippen LogP contribution in [0.4, 0.5) is 11.6 Å². The van der Waals surface area contributed by atoms with Gasteiger partial charge in [-0.1, -0.05) is 0 Å². The van der Waals surface area contributed by atoms with Crippen LogP contribution in [0.5, 0.6) is 5.75 Å². The molecule has 0 aliphatic heterocycles. The molecule has 0 saturated heterocycles. The molecule has 0 aromatic carbocycles. The second kappa shape index (κ2) is 5.64. The topological polar surface area (TPSA) is 76.3 Å². The van der Waals surface area contributed by atoms with Crippen molar-refractivity contribution in [3.05, 3.63) is 28.7 Å². The molecule has 0 bridgehead atoms. The monoisotopic (exact) mass is 291 g/mol. The summed E-state index contributed by atoms with van der Waals surface area (Å²) >= 11 is 1.70. The number of thiophene rings is 1. The molecule has 3 rings (SSSR count). The molecule has 0 atom stereocenters. The second-order valence-electron chi connectivity index (χ2n) is 4.71. The minimum atomic E-state index is 0.508. The molecular formula is C13H17N5OS. The van der Waals surface area contributed by atoms with Crippen LogP contribution in [0.2, 0.25) is 0 Å². The van der Waals surface area contributed by atoms with Gasteiger partial charge in [0.15, 0.2) is 11.6 Å². The average Bonchev–Trinajstić information content (AvgIpc) is 3.20. The van der Waals surface area contributed by atoms with Gasteiger partial charge in [-0.3, -0.25) is 0 Å². The first-order chi connectivity index (χ1) is 9.83. The van der Waals surface area contributed by atoms with Crippen molar-refractivity contribution in [3.63, 3.8) is 0 Å². The van der Waals surface area contributed by atoms with Gasteiger partial charge in [-0.25, -0.2) is 15.8 Å². The van der Waals surface area contributed by atoms with Gasteiger partial charge in [-0.2, -0.15) is 11.3 Å². The third kappa shape index (κ3) is 2.54. The molecule has 1 aliphatic carbocycles. The molecule has 1 aliphatic rings. The average molecular weight is 291 g/mol. The molecule has 0 unspecified atom stereocenters. The number of rotatable bonds is 6. The summed E-state index contributed by atoms with van der Waals surface area (Å²) in [4.78, 5) is 10.8. The Morgan fingerprint density at radius 3 is 2.95 bits per heavy atom. The summed E-state index contributed by atoms with van der Waals surface area (Å²) in [5.41, 5.74) is 3.84. The number of nitrogen functional groups attached to an aromatic ring is 1. The third-order valence-electron chi connectivity index (χ3n) is 3.32. The van der Waals surface area contributed by atoms with Crippen molar-refractivity contribution < 1.29 is 4.74 Å². The van der Waals surface area contributed by atoms with Gasteiger partial charge in [-0.05, 0) is 35.2 Å². The Hall–Kier alpha value is -1.86. The van der Waals surface area contributed by atoms with E-state index in [1.807, 2.05) is 0 Å². The van der Waals surface area contributed by atoms with E-state index in [0.717, 1.165) is 12.4 Å². The lowest BCUT2D eigenvalue weighted by molar-refractivity contribution is 0.411. The number of hydrogen-bond donors (Lipinski definition) is 2. The van der Waals surface area contributed by atoms with Crippen molar-refractivity contribution in [1.82, 2.24) is 9.97 Å². The molecule has 2 heterocycles. The minimum Gasteiger partial charge on any atom is -0.490 e. The number of aromatic nitrogens is 2. The number of nitrogens with one attached hydrogen (secondary N) is 1. The highest BCUT2D eigenvalue weighted by Gasteiger charge is 2.32. The van der Waals surface area contributed by atoms with Crippen LogP contribution < -0.4 is 20.9 Å².